The van der Waals surface area contributed by atoms with Crippen LogP contribution in [0.3, 0.4) is 0 Å². The Balaban J connectivity index is 0. The van der Waals surface area contributed by atoms with Crippen LogP contribution in [0.25, 0.3) is 0 Å². The number of carboxylic acids is 1. The summed E-state index contributed by atoms with van der Waals surface area (Å²) in [6, 6.07) is 0. The molecule has 0 radical (unpaired) electrons. The first-order chi connectivity index (χ1) is 2.64. The molecule has 0 bridgehead atoms. The standard InChI is InChI=1S/C3H4O3.Ca.2H/c1-2(4)3(5)6;;;/h4H,1H2,(H,5,6);;;. The number of aliphatic hydroxyl groups is 1. The van der Waals surface area contributed by atoms with E-state index in [0.717, 1.165) is 0 Å². The van der Waals surface area contributed by atoms with E-state index in [1.807, 2.05) is 0 Å². The zero-order valence-corrected chi connectivity index (χ0v) is 3.01. The third kappa shape index (κ3) is 6.27. The predicted molar refractivity (Wildman–Crippen MR) is 27.9 cm³/mol. The molecule has 7 heavy (non-hydrogen) atoms. The van der Waals surface area contributed by atoms with Crippen LogP contribution in [0, 0.1) is 0 Å². The summed E-state index contributed by atoms with van der Waals surface area (Å²) in [5, 5.41) is 15.5. The Morgan fingerprint density at radius 1 is 1.43 bits per heavy atom. The molecule has 0 rings (SSSR count). The average Bonchev–Trinajstić information content (AvgIpc) is 1.36. The molecule has 0 amide bonds. The quantitative estimate of drug-likeness (QED) is 0.278. The number of carbonyl (C=O) groups is 1. The Hall–Kier alpha value is 0.270. The Morgan fingerprint density at radius 3 is 1.57 bits per heavy atom. The van der Waals surface area contributed by atoms with Crippen molar-refractivity contribution in [1.82, 2.24) is 0 Å². The summed E-state index contributed by atoms with van der Waals surface area (Å²) < 4.78 is 0. The molecule has 0 aliphatic heterocycles. The van der Waals surface area contributed by atoms with Crippen molar-refractivity contribution in [2.45, 2.75) is 0 Å². The number of hydrogen-bond donors (Lipinski definition) is 2. The van der Waals surface area contributed by atoms with Crippen LogP contribution < -0.4 is 0 Å². The molecule has 0 aliphatic carbocycles. The second-order valence-corrected chi connectivity index (χ2v) is 0.752. The van der Waals surface area contributed by atoms with Gasteiger partial charge in [0.1, 0.15) is 0 Å². The summed E-state index contributed by atoms with van der Waals surface area (Å²) >= 11 is 0. The Kier molecular flexibility index (Phi) is 6.51. The monoisotopic (exact) mass is 130 g/mol. The SMILES string of the molecule is C=C(O)C(=O)O.[CaH2]. The van der Waals surface area contributed by atoms with E-state index in [4.69, 9.17) is 10.2 Å². The van der Waals surface area contributed by atoms with Crippen molar-refractivity contribution in [3.63, 3.8) is 0 Å². The van der Waals surface area contributed by atoms with Crippen LogP contribution in [0.5, 0.6) is 0 Å². The zero-order valence-electron chi connectivity index (χ0n) is 3.01. The summed E-state index contributed by atoms with van der Waals surface area (Å²) in [7, 11) is 0. The molecular formula is C3H6CaO3. The van der Waals surface area contributed by atoms with E-state index in [-0.39, 0.29) is 37.7 Å². The molecule has 0 heterocycles. The van der Waals surface area contributed by atoms with Crippen LogP contribution in [0.2, 0.25) is 0 Å². The molecular weight excluding hydrogens is 124 g/mol. The van der Waals surface area contributed by atoms with E-state index in [0.29, 0.717) is 0 Å². The topological polar surface area (TPSA) is 57.5 Å². The summed E-state index contributed by atoms with van der Waals surface area (Å²) in [6.07, 6.45) is 0. The van der Waals surface area contributed by atoms with E-state index in [1.165, 1.54) is 0 Å². The van der Waals surface area contributed by atoms with Crippen molar-refractivity contribution in [2.24, 2.45) is 0 Å². The fourth-order valence-electron chi connectivity index (χ4n) is 0. The van der Waals surface area contributed by atoms with Crippen LogP contribution >= 0.6 is 0 Å². The fourth-order valence-corrected chi connectivity index (χ4v) is 0. The first kappa shape index (κ1) is 10.3. The van der Waals surface area contributed by atoms with Gasteiger partial charge < -0.3 is 10.2 Å². The minimum atomic E-state index is -1.38. The summed E-state index contributed by atoms with van der Waals surface area (Å²) in [6.45, 7) is 2.71. The van der Waals surface area contributed by atoms with Gasteiger partial charge in [0.15, 0.2) is 5.76 Å². The molecule has 4 heteroatoms. The van der Waals surface area contributed by atoms with Crippen molar-refractivity contribution in [3.8, 4) is 0 Å². The second-order valence-electron chi connectivity index (χ2n) is 0.752. The molecule has 0 saturated heterocycles. The number of hydrogen-bond acceptors (Lipinski definition) is 2. The molecule has 0 atom stereocenters. The molecule has 0 aliphatic rings. The molecule has 0 aromatic heterocycles. The van der Waals surface area contributed by atoms with Gasteiger partial charge in [0.05, 0.1) is 0 Å². The number of aliphatic hydroxyl groups excluding tert-OH is 1. The van der Waals surface area contributed by atoms with Crippen LogP contribution in [-0.2, 0) is 4.79 Å². The van der Waals surface area contributed by atoms with Crippen molar-refractivity contribution in [2.75, 3.05) is 0 Å². The predicted octanol–water partition coefficient (Wildman–Crippen LogP) is -0.774. The molecule has 0 unspecified atom stereocenters. The first-order valence-corrected chi connectivity index (χ1v) is 1.25. The molecule has 2 N–H and O–H groups in total. The van der Waals surface area contributed by atoms with E-state index >= 15 is 0 Å². The molecule has 3 nitrogen and oxygen atoms in total. The van der Waals surface area contributed by atoms with Crippen molar-refractivity contribution in [1.29, 1.82) is 0 Å². The van der Waals surface area contributed by atoms with Crippen molar-refractivity contribution in [3.05, 3.63) is 12.3 Å². The normalized spacial score (nSPS) is 6.29. The Labute approximate surface area is 70.6 Å². The minimum absolute atomic E-state index is 0. The van der Waals surface area contributed by atoms with Gasteiger partial charge in [0.25, 0.3) is 0 Å². The zero-order chi connectivity index (χ0) is 5.15. The summed E-state index contributed by atoms with van der Waals surface area (Å²) in [4.78, 5) is 9.35. The van der Waals surface area contributed by atoms with Gasteiger partial charge in [-0.3, -0.25) is 0 Å². The molecule has 0 aromatic rings. The van der Waals surface area contributed by atoms with Gasteiger partial charge in [-0.05, 0) is 6.58 Å². The van der Waals surface area contributed by atoms with Gasteiger partial charge in [-0.1, -0.05) is 0 Å². The van der Waals surface area contributed by atoms with Gasteiger partial charge in [-0.2, -0.15) is 0 Å². The van der Waals surface area contributed by atoms with E-state index in [9.17, 15) is 4.79 Å². The third-order valence-corrected chi connectivity index (χ3v) is 0.247. The van der Waals surface area contributed by atoms with Gasteiger partial charge >= 0.3 is 43.7 Å². The van der Waals surface area contributed by atoms with Crippen molar-refractivity contribution >= 4 is 43.7 Å². The molecule has 0 aromatic carbocycles. The maximum absolute atomic E-state index is 9.35. The van der Waals surface area contributed by atoms with Gasteiger partial charge in [0.2, 0.25) is 0 Å². The van der Waals surface area contributed by atoms with Crippen LogP contribution in [-0.4, -0.2) is 53.9 Å². The molecule has 0 spiro atoms. The third-order valence-electron chi connectivity index (χ3n) is 0.247. The van der Waals surface area contributed by atoms with Gasteiger partial charge in [-0.15, -0.1) is 0 Å². The number of aliphatic carboxylic acids is 1. The van der Waals surface area contributed by atoms with Crippen LogP contribution in [0.1, 0.15) is 0 Å². The Morgan fingerprint density at radius 2 is 1.57 bits per heavy atom. The summed E-state index contributed by atoms with van der Waals surface area (Å²) in [5.41, 5.74) is 0. The molecule has 0 fully saturated rings. The fraction of sp³-hybridized carbons (Fsp3) is 0. The number of rotatable bonds is 1. The molecule has 38 valence electrons. The van der Waals surface area contributed by atoms with E-state index < -0.39 is 11.7 Å². The maximum atomic E-state index is 9.35. The van der Waals surface area contributed by atoms with E-state index in [1.54, 1.807) is 0 Å². The van der Waals surface area contributed by atoms with Gasteiger partial charge in [0, 0.05) is 0 Å². The average molecular weight is 130 g/mol. The number of carboxylic acid groups (broad SMARTS) is 1. The van der Waals surface area contributed by atoms with E-state index in [2.05, 4.69) is 6.58 Å². The molecule has 0 saturated carbocycles. The van der Waals surface area contributed by atoms with Crippen LogP contribution in [0.4, 0.5) is 0 Å². The van der Waals surface area contributed by atoms with Gasteiger partial charge in [-0.25, -0.2) is 4.79 Å². The van der Waals surface area contributed by atoms with Crippen LogP contribution in [0.15, 0.2) is 12.3 Å². The summed E-state index contributed by atoms with van der Waals surface area (Å²) in [5.74, 6) is -2.20. The Bertz CT molecular complexity index is 76.2. The first-order valence-electron chi connectivity index (χ1n) is 1.25. The van der Waals surface area contributed by atoms with Crippen molar-refractivity contribution < 1.29 is 15.0 Å². The second kappa shape index (κ2) is 4.43.